The summed E-state index contributed by atoms with van der Waals surface area (Å²) in [4.78, 5) is 11.9. The van der Waals surface area contributed by atoms with E-state index in [1.807, 2.05) is 6.92 Å². The minimum Gasteiger partial charge on any atom is -0.335 e. The van der Waals surface area contributed by atoms with Gasteiger partial charge in [0.15, 0.2) is 0 Å². The Morgan fingerprint density at radius 3 is 2.71 bits per heavy atom. The van der Waals surface area contributed by atoms with Gasteiger partial charge in [0, 0.05) is 12.1 Å². The molecule has 0 spiro atoms. The number of urea groups is 1. The molecule has 2 aliphatic rings. The maximum absolute atomic E-state index is 13.5. The Labute approximate surface area is 123 Å². The highest BCUT2D eigenvalue weighted by Gasteiger charge is 2.42. The minimum absolute atomic E-state index is 0.00552. The monoisotopic (exact) mass is 294 g/mol. The molecule has 2 saturated carbocycles. The van der Waals surface area contributed by atoms with Gasteiger partial charge in [-0.2, -0.15) is 0 Å². The number of rotatable bonds is 3. The maximum atomic E-state index is 13.5. The van der Waals surface area contributed by atoms with Crippen LogP contribution in [0.5, 0.6) is 0 Å². The van der Waals surface area contributed by atoms with E-state index >= 15 is 0 Å². The fourth-order valence-electron chi connectivity index (χ4n) is 3.97. The van der Waals surface area contributed by atoms with Crippen molar-refractivity contribution in [2.45, 2.75) is 38.6 Å². The van der Waals surface area contributed by atoms with Crippen LogP contribution in [0.15, 0.2) is 18.2 Å². The van der Waals surface area contributed by atoms with Crippen LogP contribution in [-0.4, -0.2) is 12.1 Å². The van der Waals surface area contributed by atoms with E-state index in [2.05, 4.69) is 10.6 Å². The van der Waals surface area contributed by atoms with Crippen molar-refractivity contribution in [1.82, 2.24) is 5.32 Å². The molecule has 1 aromatic carbocycles. The lowest BCUT2D eigenvalue weighted by molar-refractivity contribution is 0.230. The first-order chi connectivity index (χ1) is 10.0. The van der Waals surface area contributed by atoms with E-state index in [4.69, 9.17) is 0 Å². The van der Waals surface area contributed by atoms with Crippen LogP contribution >= 0.6 is 0 Å². The molecule has 2 amide bonds. The van der Waals surface area contributed by atoms with Gasteiger partial charge in [-0.05, 0) is 56.1 Å². The molecular formula is C16H20F2N2O. The zero-order valence-electron chi connectivity index (χ0n) is 12.0. The number of carbonyl (C=O) groups excluding carboxylic acids is 1. The number of carbonyl (C=O) groups is 1. The van der Waals surface area contributed by atoms with Crippen molar-refractivity contribution in [2.24, 2.45) is 17.8 Å². The topological polar surface area (TPSA) is 41.1 Å². The van der Waals surface area contributed by atoms with E-state index in [0.29, 0.717) is 11.8 Å². The van der Waals surface area contributed by atoms with Crippen molar-refractivity contribution in [3.8, 4) is 0 Å². The molecule has 0 aromatic heterocycles. The summed E-state index contributed by atoms with van der Waals surface area (Å²) in [6.45, 7) is 2.01. The third-order valence-corrected chi connectivity index (χ3v) is 4.97. The molecule has 0 saturated heterocycles. The standard InChI is InChI=1S/C16H20F2N2O/c1-9(13-7-10-2-3-11(13)6-10)19-16(21)20-15-5-4-12(17)8-14(15)18/h4-5,8-11,13H,2-3,6-7H2,1H3,(H2,19,20,21)/t9-,10-,11-,13+/m1/s1. The van der Waals surface area contributed by atoms with Gasteiger partial charge in [0.25, 0.3) is 0 Å². The number of amides is 2. The Balaban J connectivity index is 1.56. The van der Waals surface area contributed by atoms with E-state index in [9.17, 15) is 13.6 Å². The lowest BCUT2D eigenvalue weighted by atomic mass is 9.84. The van der Waals surface area contributed by atoms with Crippen molar-refractivity contribution in [2.75, 3.05) is 5.32 Å². The highest BCUT2D eigenvalue weighted by atomic mass is 19.1. The van der Waals surface area contributed by atoms with Gasteiger partial charge in [-0.1, -0.05) is 6.42 Å². The number of fused-ring (bicyclic) bond motifs is 2. The van der Waals surface area contributed by atoms with Crippen LogP contribution in [0.1, 0.15) is 32.6 Å². The SMILES string of the molecule is C[C@@H](NC(=O)Nc1ccc(F)cc1F)[C@@H]1C[C@@H]2CC[C@@H]1C2. The number of nitrogens with one attached hydrogen (secondary N) is 2. The Morgan fingerprint density at radius 1 is 1.29 bits per heavy atom. The zero-order valence-corrected chi connectivity index (χ0v) is 12.0. The highest BCUT2D eigenvalue weighted by Crippen LogP contribution is 2.49. The average Bonchev–Trinajstić information content (AvgIpc) is 3.04. The summed E-state index contributed by atoms with van der Waals surface area (Å²) in [5.41, 5.74) is -0.00552. The first-order valence-corrected chi connectivity index (χ1v) is 7.55. The molecule has 4 atom stereocenters. The van der Waals surface area contributed by atoms with Gasteiger partial charge in [-0.3, -0.25) is 0 Å². The first kappa shape index (κ1) is 14.3. The van der Waals surface area contributed by atoms with E-state index in [-0.39, 0.29) is 11.7 Å². The van der Waals surface area contributed by atoms with Gasteiger partial charge in [0.05, 0.1) is 5.69 Å². The number of benzene rings is 1. The molecule has 0 unspecified atom stereocenters. The second-order valence-corrected chi connectivity index (χ2v) is 6.35. The van der Waals surface area contributed by atoms with E-state index in [1.165, 1.54) is 31.7 Å². The summed E-state index contributed by atoms with van der Waals surface area (Å²) >= 11 is 0. The summed E-state index contributed by atoms with van der Waals surface area (Å²) < 4.78 is 26.3. The predicted molar refractivity (Wildman–Crippen MR) is 76.9 cm³/mol. The molecule has 0 radical (unpaired) electrons. The second-order valence-electron chi connectivity index (χ2n) is 6.35. The fourth-order valence-corrected chi connectivity index (χ4v) is 3.97. The summed E-state index contributed by atoms with van der Waals surface area (Å²) in [6, 6.07) is 2.75. The number of hydrogen-bond donors (Lipinski definition) is 2. The quantitative estimate of drug-likeness (QED) is 0.872. The molecule has 3 nitrogen and oxygen atoms in total. The number of anilines is 1. The van der Waals surface area contributed by atoms with Crippen LogP contribution in [0, 0.1) is 29.4 Å². The molecule has 114 valence electrons. The molecule has 0 aliphatic heterocycles. The normalized spacial score (nSPS) is 28.4. The van der Waals surface area contributed by atoms with Gasteiger partial charge in [-0.15, -0.1) is 0 Å². The van der Waals surface area contributed by atoms with E-state index in [1.54, 1.807) is 0 Å². The summed E-state index contributed by atoms with van der Waals surface area (Å²) in [5.74, 6) is 0.633. The third kappa shape index (κ3) is 3.01. The first-order valence-electron chi connectivity index (χ1n) is 7.55. The number of hydrogen-bond acceptors (Lipinski definition) is 1. The molecule has 2 aliphatic carbocycles. The molecule has 5 heteroatoms. The molecule has 1 aromatic rings. The molecule has 3 rings (SSSR count). The van der Waals surface area contributed by atoms with Crippen molar-refractivity contribution in [3.63, 3.8) is 0 Å². The molecular weight excluding hydrogens is 274 g/mol. The van der Waals surface area contributed by atoms with Crippen LogP contribution in [-0.2, 0) is 0 Å². The van der Waals surface area contributed by atoms with Crippen molar-refractivity contribution >= 4 is 11.7 Å². The average molecular weight is 294 g/mol. The predicted octanol–water partition coefficient (Wildman–Crippen LogP) is 3.91. The lowest BCUT2D eigenvalue weighted by Crippen LogP contribution is -2.42. The Bertz CT molecular complexity index is 549. The van der Waals surface area contributed by atoms with Crippen LogP contribution < -0.4 is 10.6 Å². The maximum Gasteiger partial charge on any atom is 0.319 e. The molecule has 2 bridgehead atoms. The Morgan fingerprint density at radius 2 is 2.10 bits per heavy atom. The zero-order chi connectivity index (χ0) is 15.0. The summed E-state index contributed by atoms with van der Waals surface area (Å²) in [7, 11) is 0. The smallest absolute Gasteiger partial charge is 0.319 e. The Kier molecular flexibility index (Phi) is 3.83. The van der Waals surface area contributed by atoms with Crippen molar-refractivity contribution < 1.29 is 13.6 Å². The van der Waals surface area contributed by atoms with Crippen LogP contribution in [0.4, 0.5) is 19.3 Å². The Hall–Kier alpha value is -1.65. The van der Waals surface area contributed by atoms with Gasteiger partial charge < -0.3 is 10.6 Å². The lowest BCUT2D eigenvalue weighted by Gasteiger charge is -2.28. The minimum atomic E-state index is -0.766. The summed E-state index contributed by atoms with van der Waals surface area (Å²) in [5, 5.41) is 5.33. The molecule has 2 fully saturated rings. The van der Waals surface area contributed by atoms with Crippen LogP contribution in [0.2, 0.25) is 0 Å². The summed E-state index contributed by atoms with van der Waals surface area (Å²) in [6.07, 6.45) is 5.04. The van der Waals surface area contributed by atoms with E-state index < -0.39 is 17.7 Å². The highest BCUT2D eigenvalue weighted by molar-refractivity contribution is 5.89. The van der Waals surface area contributed by atoms with Gasteiger partial charge in [0.1, 0.15) is 11.6 Å². The molecule has 0 heterocycles. The molecule has 2 N–H and O–H groups in total. The largest absolute Gasteiger partial charge is 0.335 e. The van der Waals surface area contributed by atoms with Crippen molar-refractivity contribution in [3.05, 3.63) is 29.8 Å². The second kappa shape index (κ2) is 5.62. The number of halogens is 2. The third-order valence-electron chi connectivity index (χ3n) is 4.97. The van der Waals surface area contributed by atoms with Gasteiger partial charge >= 0.3 is 6.03 Å². The van der Waals surface area contributed by atoms with E-state index in [0.717, 1.165) is 18.1 Å². The molecule has 21 heavy (non-hydrogen) atoms. The van der Waals surface area contributed by atoms with Crippen LogP contribution in [0.3, 0.4) is 0 Å². The van der Waals surface area contributed by atoms with Crippen molar-refractivity contribution in [1.29, 1.82) is 0 Å². The van der Waals surface area contributed by atoms with Gasteiger partial charge in [0.2, 0.25) is 0 Å². The van der Waals surface area contributed by atoms with Gasteiger partial charge in [-0.25, -0.2) is 13.6 Å². The van der Waals surface area contributed by atoms with Crippen LogP contribution in [0.25, 0.3) is 0 Å². The fraction of sp³-hybridized carbons (Fsp3) is 0.562.